The lowest BCUT2D eigenvalue weighted by Crippen LogP contribution is -2.56. The quantitative estimate of drug-likeness (QED) is 0.776. The third-order valence-corrected chi connectivity index (χ3v) is 4.07. The Kier molecular flexibility index (Phi) is 4.73. The Bertz CT molecular complexity index is 322. The number of amides is 1. The molecule has 1 atom stereocenters. The third-order valence-electron chi connectivity index (χ3n) is 4.07. The summed E-state index contributed by atoms with van der Waals surface area (Å²) in [6.45, 7) is 4.96. The van der Waals surface area contributed by atoms with Gasteiger partial charge in [0, 0.05) is 6.04 Å². The first-order valence-electron chi connectivity index (χ1n) is 6.53. The van der Waals surface area contributed by atoms with Gasteiger partial charge in [-0.2, -0.15) is 0 Å². The molecule has 0 radical (unpaired) electrons. The molecule has 1 rings (SSSR count). The number of carboxylic acid groups (broad SMARTS) is 1. The molecule has 1 amide bonds. The van der Waals surface area contributed by atoms with E-state index in [1.807, 2.05) is 0 Å². The Balaban J connectivity index is 2.59. The van der Waals surface area contributed by atoms with Crippen LogP contribution in [0.25, 0.3) is 0 Å². The number of nitrogens with zero attached hydrogens (tertiary/aromatic N) is 1. The van der Waals surface area contributed by atoms with Crippen molar-refractivity contribution in [2.45, 2.75) is 64.1 Å². The highest BCUT2D eigenvalue weighted by atomic mass is 16.4. The Morgan fingerprint density at radius 3 is 2.28 bits per heavy atom. The largest absolute Gasteiger partial charge is 0.480 e. The molecule has 0 aromatic heterocycles. The minimum Gasteiger partial charge on any atom is -0.480 e. The monoisotopic (exact) mass is 256 g/mol. The molecule has 0 saturated heterocycles. The zero-order valence-electron chi connectivity index (χ0n) is 11.7. The summed E-state index contributed by atoms with van der Waals surface area (Å²) < 4.78 is 0. The lowest BCUT2D eigenvalue weighted by Gasteiger charge is -2.35. The Hall–Kier alpha value is -1.10. The number of carbonyl (C=O) groups excluding carboxylic acids is 1. The molecule has 0 bridgehead atoms. The fraction of sp³-hybridized carbons (Fsp3) is 0.846. The van der Waals surface area contributed by atoms with Crippen LogP contribution >= 0.6 is 0 Å². The molecule has 5 nitrogen and oxygen atoms in total. The number of hydrogen-bond donors (Lipinski definition) is 2. The topological polar surface area (TPSA) is 69.6 Å². The average molecular weight is 256 g/mol. The maximum Gasteiger partial charge on any atom is 0.323 e. The van der Waals surface area contributed by atoms with Crippen molar-refractivity contribution < 1.29 is 14.7 Å². The third kappa shape index (κ3) is 3.22. The van der Waals surface area contributed by atoms with Crippen molar-refractivity contribution in [2.75, 3.05) is 7.05 Å². The summed E-state index contributed by atoms with van der Waals surface area (Å²) in [7, 11) is 1.67. The summed E-state index contributed by atoms with van der Waals surface area (Å²) >= 11 is 0. The number of carbonyl (C=O) groups is 2. The maximum atomic E-state index is 12.1. The van der Waals surface area contributed by atoms with Crippen LogP contribution in [0.2, 0.25) is 0 Å². The zero-order valence-corrected chi connectivity index (χ0v) is 11.7. The minimum atomic E-state index is -1.05. The summed E-state index contributed by atoms with van der Waals surface area (Å²) in [5, 5.41) is 12.2. The van der Waals surface area contributed by atoms with Gasteiger partial charge in [0.25, 0.3) is 0 Å². The van der Waals surface area contributed by atoms with Crippen LogP contribution in [0.4, 0.5) is 0 Å². The predicted molar refractivity (Wildman–Crippen MR) is 69.3 cm³/mol. The number of aliphatic carboxylic acids is 1. The SMILES string of the molecule is CC(C(=O)NC1CCCC1)N(C)C(C)(C)C(=O)O. The molecule has 0 aliphatic heterocycles. The van der Waals surface area contributed by atoms with Crippen molar-refractivity contribution in [3.8, 4) is 0 Å². The van der Waals surface area contributed by atoms with Crippen molar-refractivity contribution in [3.63, 3.8) is 0 Å². The van der Waals surface area contributed by atoms with Crippen LogP contribution in [0, 0.1) is 0 Å². The number of hydrogen-bond acceptors (Lipinski definition) is 3. The predicted octanol–water partition coefficient (Wildman–Crippen LogP) is 1.23. The zero-order chi connectivity index (χ0) is 13.9. The molecule has 0 heterocycles. The first-order chi connectivity index (χ1) is 8.26. The molecule has 0 spiro atoms. The Morgan fingerprint density at radius 2 is 1.83 bits per heavy atom. The van der Waals surface area contributed by atoms with E-state index in [1.54, 1.807) is 32.7 Å². The standard InChI is InChI=1S/C13H24N2O3/c1-9(15(4)13(2,3)12(17)18)11(16)14-10-7-5-6-8-10/h9-10H,5-8H2,1-4H3,(H,14,16)(H,17,18). The van der Waals surface area contributed by atoms with E-state index in [1.165, 1.54) is 0 Å². The van der Waals surface area contributed by atoms with E-state index in [2.05, 4.69) is 5.32 Å². The highest BCUT2D eigenvalue weighted by Gasteiger charge is 2.37. The molecule has 1 aliphatic carbocycles. The smallest absolute Gasteiger partial charge is 0.323 e. The van der Waals surface area contributed by atoms with E-state index in [9.17, 15) is 9.59 Å². The highest BCUT2D eigenvalue weighted by molar-refractivity contribution is 5.84. The molecule has 0 aromatic carbocycles. The van der Waals surface area contributed by atoms with E-state index < -0.39 is 17.6 Å². The van der Waals surface area contributed by atoms with Crippen LogP contribution in [0.3, 0.4) is 0 Å². The van der Waals surface area contributed by atoms with E-state index in [0.717, 1.165) is 25.7 Å². The summed E-state index contributed by atoms with van der Waals surface area (Å²) in [5.41, 5.74) is -1.05. The molecule has 2 N–H and O–H groups in total. The van der Waals surface area contributed by atoms with Gasteiger partial charge >= 0.3 is 5.97 Å². The lowest BCUT2D eigenvalue weighted by molar-refractivity contribution is -0.151. The molecular formula is C13H24N2O3. The summed E-state index contributed by atoms with van der Waals surface area (Å²) in [6.07, 6.45) is 4.39. The molecular weight excluding hydrogens is 232 g/mol. The molecule has 0 aromatic rings. The van der Waals surface area contributed by atoms with Gasteiger partial charge in [-0.25, -0.2) is 0 Å². The van der Waals surface area contributed by atoms with Gasteiger partial charge in [-0.1, -0.05) is 12.8 Å². The fourth-order valence-electron chi connectivity index (χ4n) is 2.20. The molecule has 104 valence electrons. The minimum absolute atomic E-state index is 0.0845. The van der Waals surface area contributed by atoms with Crippen molar-refractivity contribution in [2.24, 2.45) is 0 Å². The second-order valence-corrected chi connectivity index (χ2v) is 5.64. The normalized spacial score (nSPS) is 18.9. The van der Waals surface area contributed by atoms with Crippen molar-refractivity contribution in [1.82, 2.24) is 10.2 Å². The first-order valence-corrected chi connectivity index (χ1v) is 6.53. The number of nitrogens with one attached hydrogen (secondary N) is 1. The van der Waals surface area contributed by atoms with Gasteiger partial charge in [0.15, 0.2) is 0 Å². The van der Waals surface area contributed by atoms with Crippen LogP contribution in [-0.2, 0) is 9.59 Å². The fourth-order valence-corrected chi connectivity index (χ4v) is 2.20. The maximum absolute atomic E-state index is 12.1. The number of rotatable bonds is 5. The second-order valence-electron chi connectivity index (χ2n) is 5.64. The number of carboxylic acids is 1. The molecule has 1 fully saturated rings. The van der Waals surface area contributed by atoms with Crippen LogP contribution in [-0.4, -0.2) is 46.6 Å². The summed E-state index contributed by atoms with van der Waals surface area (Å²) in [6, 6.07) is -0.182. The van der Waals surface area contributed by atoms with Crippen LogP contribution in [0.1, 0.15) is 46.5 Å². The molecule has 5 heteroatoms. The summed E-state index contributed by atoms with van der Waals surface area (Å²) in [4.78, 5) is 24.8. The van der Waals surface area contributed by atoms with Gasteiger partial charge in [-0.15, -0.1) is 0 Å². The van der Waals surface area contributed by atoms with Crippen molar-refractivity contribution in [1.29, 1.82) is 0 Å². The van der Waals surface area contributed by atoms with Crippen LogP contribution in [0.15, 0.2) is 0 Å². The lowest BCUT2D eigenvalue weighted by atomic mass is 10.0. The van der Waals surface area contributed by atoms with Gasteiger partial charge < -0.3 is 10.4 Å². The van der Waals surface area contributed by atoms with E-state index in [4.69, 9.17) is 5.11 Å². The van der Waals surface area contributed by atoms with E-state index >= 15 is 0 Å². The molecule has 1 aliphatic rings. The Labute approximate surface area is 109 Å². The summed E-state index contributed by atoms with van der Waals surface area (Å²) in [5.74, 6) is -1.01. The van der Waals surface area contributed by atoms with Gasteiger partial charge in [0.2, 0.25) is 5.91 Å². The first kappa shape index (κ1) is 15.0. The molecule has 1 unspecified atom stereocenters. The Morgan fingerprint density at radius 1 is 1.33 bits per heavy atom. The van der Waals surface area contributed by atoms with Crippen molar-refractivity contribution in [3.05, 3.63) is 0 Å². The van der Waals surface area contributed by atoms with Crippen LogP contribution in [0.5, 0.6) is 0 Å². The van der Waals surface area contributed by atoms with Crippen molar-refractivity contribution >= 4 is 11.9 Å². The number of likely N-dealkylation sites (N-methyl/N-ethyl adjacent to an activating group) is 1. The van der Waals surface area contributed by atoms with Gasteiger partial charge in [0.05, 0.1) is 6.04 Å². The van der Waals surface area contributed by atoms with Gasteiger partial charge in [0.1, 0.15) is 5.54 Å². The second kappa shape index (κ2) is 5.69. The van der Waals surface area contributed by atoms with Crippen LogP contribution < -0.4 is 5.32 Å². The van der Waals surface area contributed by atoms with E-state index in [-0.39, 0.29) is 11.9 Å². The van der Waals surface area contributed by atoms with Gasteiger partial charge in [-0.05, 0) is 40.7 Å². The molecule has 18 heavy (non-hydrogen) atoms. The van der Waals surface area contributed by atoms with Gasteiger partial charge in [-0.3, -0.25) is 14.5 Å². The average Bonchev–Trinajstić information content (AvgIpc) is 2.79. The highest BCUT2D eigenvalue weighted by Crippen LogP contribution is 2.19. The van der Waals surface area contributed by atoms with E-state index in [0.29, 0.717) is 0 Å². The molecule has 1 saturated carbocycles.